The van der Waals surface area contributed by atoms with Gasteiger partial charge in [-0.3, -0.25) is 4.79 Å². The first-order valence-electron chi connectivity index (χ1n) is 9.09. The molecule has 1 aliphatic rings. The zero-order valence-electron chi connectivity index (χ0n) is 14.5. The molecule has 0 heterocycles. The molecule has 0 radical (unpaired) electrons. The van der Waals surface area contributed by atoms with Gasteiger partial charge in [0.05, 0.1) is 0 Å². The number of hydrogen-bond donors (Lipinski definition) is 0. The molecule has 2 aromatic carbocycles. The van der Waals surface area contributed by atoms with Crippen molar-refractivity contribution in [2.75, 3.05) is 0 Å². The van der Waals surface area contributed by atoms with Crippen LogP contribution in [0.1, 0.15) is 56.6 Å². The summed E-state index contributed by atoms with van der Waals surface area (Å²) in [6.07, 6.45) is 8.13. The third-order valence-corrected chi connectivity index (χ3v) is 5.44. The Morgan fingerprint density at radius 2 is 1.54 bits per heavy atom. The molecular formula is C23H26O. The Morgan fingerprint density at radius 3 is 2.04 bits per heavy atom. The lowest BCUT2D eigenvalue weighted by molar-refractivity contribution is -0.131. The lowest BCUT2D eigenvalue weighted by Gasteiger charge is -2.34. The summed E-state index contributed by atoms with van der Waals surface area (Å²) in [4.78, 5) is 12.6. The van der Waals surface area contributed by atoms with Crippen molar-refractivity contribution in [3.63, 3.8) is 0 Å². The molecule has 0 amide bonds. The molecule has 0 spiro atoms. The average molecular weight is 318 g/mol. The maximum atomic E-state index is 12.6. The summed E-state index contributed by atoms with van der Waals surface area (Å²) >= 11 is 0. The van der Waals surface area contributed by atoms with E-state index in [1.807, 2.05) is 12.1 Å². The predicted molar refractivity (Wildman–Crippen MR) is 101 cm³/mol. The van der Waals surface area contributed by atoms with Crippen LogP contribution in [0.25, 0.3) is 5.57 Å². The third-order valence-electron chi connectivity index (χ3n) is 5.44. The lowest BCUT2D eigenvalue weighted by Crippen LogP contribution is -2.33. The van der Waals surface area contributed by atoms with Gasteiger partial charge in [0.25, 0.3) is 0 Å². The van der Waals surface area contributed by atoms with Crippen molar-refractivity contribution in [1.82, 2.24) is 0 Å². The number of allylic oxidation sites excluding steroid dienone is 1. The fraction of sp³-hybridized carbons (Fsp3) is 0.348. The lowest BCUT2D eigenvalue weighted by atomic mass is 9.68. The first kappa shape index (κ1) is 16.7. The van der Waals surface area contributed by atoms with Crippen molar-refractivity contribution >= 4 is 11.4 Å². The largest absolute Gasteiger partial charge is 0.299 e. The highest BCUT2D eigenvalue weighted by atomic mass is 16.1. The minimum absolute atomic E-state index is 0.146. The normalized spacial score (nSPS) is 20.6. The number of carbonyl (C=O) groups excluding carboxylic acids is 1. The monoisotopic (exact) mass is 318 g/mol. The molecule has 2 aromatic rings. The number of ketones is 1. The molecule has 1 unspecified atom stereocenters. The summed E-state index contributed by atoms with van der Waals surface area (Å²) in [6.45, 7) is 2.17. The molecule has 1 aliphatic carbocycles. The van der Waals surface area contributed by atoms with Gasteiger partial charge < -0.3 is 0 Å². The van der Waals surface area contributed by atoms with E-state index >= 15 is 0 Å². The van der Waals surface area contributed by atoms with Crippen molar-refractivity contribution in [1.29, 1.82) is 0 Å². The predicted octanol–water partition coefficient (Wildman–Crippen LogP) is 6.05. The Morgan fingerprint density at radius 1 is 0.958 bits per heavy atom. The van der Waals surface area contributed by atoms with Gasteiger partial charge in [-0.1, -0.05) is 80.1 Å². The Kier molecular flexibility index (Phi) is 5.30. The highest BCUT2D eigenvalue weighted by Crippen LogP contribution is 2.41. The summed E-state index contributed by atoms with van der Waals surface area (Å²) < 4.78 is 0. The molecule has 1 nitrogen and oxygen atoms in total. The molecular weight excluding hydrogens is 292 g/mol. The number of carbonyl (C=O) groups is 1. The molecule has 1 saturated carbocycles. The summed E-state index contributed by atoms with van der Waals surface area (Å²) in [5.41, 5.74) is 3.53. The van der Waals surface area contributed by atoms with Gasteiger partial charge in [-0.05, 0) is 42.4 Å². The van der Waals surface area contributed by atoms with Crippen LogP contribution in [0.5, 0.6) is 0 Å². The number of rotatable bonds is 5. The molecule has 0 N–H and O–H groups in total. The minimum atomic E-state index is -0.146. The maximum absolute atomic E-state index is 12.6. The Balaban J connectivity index is 1.96. The van der Waals surface area contributed by atoms with E-state index < -0.39 is 0 Å². The first-order valence-corrected chi connectivity index (χ1v) is 9.09. The van der Waals surface area contributed by atoms with Crippen LogP contribution in [0.15, 0.2) is 66.7 Å². The number of Topliss-reactive ketones (excluding diaryl/α,β-unsaturated/α-hetero) is 1. The van der Waals surface area contributed by atoms with Gasteiger partial charge in [0, 0.05) is 11.8 Å². The van der Waals surface area contributed by atoms with Crippen LogP contribution in [0.3, 0.4) is 0 Å². The van der Waals surface area contributed by atoms with Gasteiger partial charge in [-0.2, -0.15) is 0 Å². The highest BCUT2D eigenvalue weighted by molar-refractivity contribution is 5.86. The Labute approximate surface area is 145 Å². The summed E-state index contributed by atoms with van der Waals surface area (Å²) in [5, 5.41) is 0. The van der Waals surface area contributed by atoms with E-state index in [9.17, 15) is 4.79 Å². The molecule has 124 valence electrons. The summed E-state index contributed by atoms with van der Waals surface area (Å²) in [6, 6.07) is 21.0. The van der Waals surface area contributed by atoms with Crippen LogP contribution < -0.4 is 0 Å². The molecule has 0 aromatic heterocycles. The van der Waals surface area contributed by atoms with Crippen LogP contribution in [0.2, 0.25) is 0 Å². The van der Waals surface area contributed by atoms with E-state index in [4.69, 9.17) is 0 Å². The van der Waals surface area contributed by atoms with E-state index in [2.05, 4.69) is 61.5 Å². The highest BCUT2D eigenvalue weighted by Gasteiger charge is 2.37. The van der Waals surface area contributed by atoms with E-state index in [1.54, 1.807) is 0 Å². The van der Waals surface area contributed by atoms with Gasteiger partial charge in [0.15, 0.2) is 0 Å². The topological polar surface area (TPSA) is 17.1 Å². The van der Waals surface area contributed by atoms with E-state index in [1.165, 1.54) is 23.1 Å². The second-order valence-corrected chi connectivity index (χ2v) is 6.82. The molecule has 1 fully saturated rings. The van der Waals surface area contributed by atoms with Gasteiger partial charge in [-0.15, -0.1) is 0 Å². The number of benzene rings is 2. The van der Waals surface area contributed by atoms with Crippen molar-refractivity contribution in [3.8, 4) is 0 Å². The van der Waals surface area contributed by atoms with Crippen LogP contribution >= 0.6 is 0 Å². The van der Waals surface area contributed by atoms with Crippen molar-refractivity contribution in [2.45, 2.75) is 45.4 Å². The second-order valence-electron chi connectivity index (χ2n) is 6.82. The molecule has 3 rings (SSSR count). The molecule has 1 heteroatoms. The van der Waals surface area contributed by atoms with Gasteiger partial charge >= 0.3 is 0 Å². The van der Waals surface area contributed by atoms with Crippen molar-refractivity contribution < 1.29 is 4.79 Å². The second kappa shape index (κ2) is 7.61. The minimum Gasteiger partial charge on any atom is -0.299 e. The summed E-state index contributed by atoms with van der Waals surface area (Å²) in [7, 11) is 0. The molecule has 1 atom stereocenters. The number of hydrogen-bond acceptors (Lipinski definition) is 1. The smallest absolute Gasteiger partial charge is 0.139 e. The standard InChI is InChI=1S/C23H26O/c1-2-23(17-10-9-15-22(23)24)18-16-21(19-11-5-3-6-12-19)20-13-7-4-8-14-20/h3-8,11-14,16H,2,9-10,15,17-18H2,1H3. The van der Waals surface area contributed by atoms with Gasteiger partial charge in [-0.25, -0.2) is 0 Å². The van der Waals surface area contributed by atoms with Crippen molar-refractivity contribution in [2.24, 2.45) is 5.41 Å². The van der Waals surface area contributed by atoms with Gasteiger partial charge in [0.2, 0.25) is 0 Å². The zero-order valence-corrected chi connectivity index (χ0v) is 14.5. The molecule has 24 heavy (non-hydrogen) atoms. The zero-order chi connectivity index (χ0) is 16.8. The van der Waals surface area contributed by atoms with E-state index in [0.717, 1.165) is 32.1 Å². The average Bonchev–Trinajstić information content (AvgIpc) is 2.65. The quantitative estimate of drug-likeness (QED) is 0.656. The first-order chi connectivity index (χ1) is 11.7. The molecule has 0 aliphatic heterocycles. The summed E-state index contributed by atoms with van der Waals surface area (Å²) in [5.74, 6) is 0.466. The van der Waals surface area contributed by atoms with Crippen LogP contribution in [-0.2, 0) is 4.79 Å². The Bertz CT molecular complexity index is 658. The Hall–Kier alpha value is -2.15. The fourth-order valence-corrected chi connectivity index (χ4v) is 3.82. The fourth-order valence-electron chi connectivity index (χ4n) is 3.82. The molecule has 0 saturated heterocycles. The maximum Gasteiger partial charge on any atom is 0.139 e. The van der Waals surface area contributed by atoms with Gasteiger partial charge in [0.1, 0.15) is 5.78 Å². The van der Waals surface area contributed by atoms with E-state index in [-0.39, 0.29) is 5.41 Å². The van der Waals surface area contributed by atoms with Crippen molar-refractivity contribution in [3.05, 3.63) is 77.9 Å². The molecule has 0 bridgehead atoms. The third kappa shape index (κ3) is 3.51. The van der Waals surface area contributed by atoms with Crippen LogP contribution in [0.4, 0.5) is 0 Å². The van der Waals surface area contributed by atoms with E-state index in [0.29, 0.717) is 5.78 Å². The SMILES string of the molecule is CCC1(CC=C(c2ccccc2)c2ccccc2)CCCCC1=O. The van der Waals surface area contributed by atoms with Crippen LogP contribution in [0, 0.1) is 5.41 Å². The van der Waals surface area contributed by atoms with Crippen LogP contribution in [-0.4, -0.2) is 5.78 Å².